The number of hydrogen-bond donors (Lipinski definition) is 3. The van der Waals surface area contributed by atoms with E-state index in [0.29, 0.717) is 17.7 Å². The van der Waals surface area contributed by atoms with E-state index in [-0.39, 0.29) is 0 Å². The van der Waals surface area contributed by atoms with Crippen molar-refractivity contribution in [1.29, 1.82) is 0 Å². The first-order chi connectivity index (χ1) is 11.0. The monoisotopic (exact) mass is 342 g/mol. The molecular formula is C15H19FN2O4S. The number of alkyl halides is 1. The Morgan fingerprint density at radius 1 is 1.17 bits per heavy atom. The van der Waals surface area contributed by atoms with Gasteiger partial charge in [-0.15, -0.1) is 0 Å². The summed E-state index contributed by atoms with van der Waals surface area (Å²) in [5.74, 6) is -2.04. The zero-order valence-corrected chi connectivity index (χ0v) is 13.4. The number of carboxylic acids is 1. The third-order valence-corrected chi connectivity index (χ3v) is 3.68. The van der Waals surface area contributed by atoms with Crippen LogP contribution in [0.1, 0.15) is 16.8 Å². The second-order valence-corrected chi connectivity index (χ2v) is 5.71. The molecule has 23 heavy (non-hydrogen) atoms. The molecule has 1 rings (SSSR count). The van der Waals surface area contributed by atoms with Crippen LogP contribution in [-0.4, -0.2) is 53.7 Å². The van der Waals surface area contributed by atoms with Crippen LogP contribution in [0.4, 0.5) is 4.39 Å². The van der Waals surface area contributed by atoms with Gasteiger partial charge in [0, 0.05) is 5.56 Å². The number of thioether (sulfide) groups is 1. The molecule has 1 aromatic rings. The number of carbonyl (C=O) groups is 3. The molecule has 0 saturated carbocycles. The van der Waals surface area contributed by atoms with Crippen molar-refractivity contribution < 1.29 is 23.9 Å². The molecule has 0 aliphatic carbocycles. The molecule has 0 heterocycles. The van der Waals surface area contributed by atoms with E-state index >= 15 is 0 Å². The van der Waals surface area contributed by atoms with Gasteiger partial charge < -0.3 is 15.7 Å². The van der Waals surface area contributed by atoms with E-state index in [2.05, 4.69) is 10.6 Å². The molecule has 2 atom stereocenters. The first kappa shape index (κ1) is 19.0. The maximum Gasteiger partial charge on any atom is 0.328 e. The fourth-order valence-electron chi connectivity index (χ4n) is 1.77. The second-order valence-electron chi connectivity index (χ2n) is 4.73. The molecule has 0 saturated heterocycles. The molecular weight excluding hydrogens is 323 g/mol. The molecule has 0 spiro atoms. The number of hydrogen-bond acceptors (Lipinski definition) is 4. The van der Waals surface area contributed by atoms with Gasteiger partial charge in [0.1, 0.15) is 12.7 Å². The van der Waals surface area contributed by atoms with Gasteiger partial charge in [-0.25, -0.2) is 9.18 Å². The molecule has 126 valence electrons. The molecule has 2 amide bonds. The first-order valence-electron chi connectivity index (χ1n) is 6.93. The maximum atomic E-state index is 12.6. The summed E-state index contributed by atoms with van der Waals surface area (Å²) in [4.78, 5) is 35.0. The minimum absolute atomic E-state index is 0.310. The van der Waals surface area contributed by atoms with Gasteiger partial charge in [-0.2, -0.15) is 11.8 Å². The molecule has 2 unspecified atom stereocenters. The molecule has 0 fully saturated rings. The molecule has 1 aromatic carbocycles. The summed E-state index contributed by atoms with van der Waals surface area (Å²) in [5.41, 5.74) is 0.384. The predicted octanol–water partition coefficient (Wildman–Crippen LogP) is 1.08. The van der Waals surface area contributed by atoms with Gasteiger partial charge in [-0.3, -0.25) is 9.59 Å². The minimum atomic E-state index is -1.62. The molecule has 8 heteroatoms. The highest BCUT2D eigenvalue weighted by molar-refractivity contribution is 7.98. The summed E-state index contributed by atoms with van der Waals surface area (Å²) < 4.78 is 12.6. The average molecular weight is 342 g/mol. The predicted molar refractivity (Wildman–Crippen MR) is 86.2 cm³/mol. The molecule has 3 N–H and O–H groups in total. The van der Waals surface area contributed by atoms with Crippen molar-refractivity contribution in [1.82, 2.24) is 10.6 Å². The second kappa shape index (κ2) is 9.83. The SMILES string of the molecule is CSCCC(NC(=O)c1ccccc1)C(=O)NC(CF)C(=O)O. The van der Waals surface area contributed by atoms with E-state index in [1.807, 2.05) is 6.26 Å². The van der Waals surface area contributed by atoms with Crippen molar-refractivity contribution in [3.8, 4) is 0 Å². The Morgan fingerprint density at radius 2 is 1.83 bits per heavy atom. The van der Waals surface area contributed by atoms with Crippen LogP contribution in [0, 0.1) is 0 Å². The van der Waals surface area contributed by atoms with E-state index in [4.69, 9.17) is 5.11 Å². The van der Waals surface area contributed by atoms with E-state index in [0.717, 1.165) is 0 Å². The van der Waals surface area contributed by atoms with Crippen molar-refractivity contribution in [2.45, 2.75) is 18.5 Å². The van der Waals surface area contributed by atoms with Crippen LogP contribution in [0.15, 0.2) is 30.3 Å². The quantitative estimate of drug-likeness (QED) is 0.624. The summed E-state index contributed by atoms with van der Waals surface area (Å²) >= 11 is 1.48. The van der Waals surface area contributed by atoms with Crippen molar-refractivity contribution in [2.24, 2.45) is 0 Å². The lowest BCUT2D eigenvalue weighted by Gasteiger charge is -2.20. The van der Waals surface area contributed by atoms with Gasteiger partial charge in [0.25, 0.3) is 5.91 Å². The van der Waals surface area contributed by atoms with Gasteiger partial charge in [-0.1, -0.05) is 18.2 Å². The smallest absolute Gasteiger partial charge is 0.328 e. The van der Waals surface area contributed by atoms with Crippen LogP contribution in [0.2, 0.25) is 0 Å². The van der Waals surface area contributed by atoms with Crippen molar-refractivity contribution in [3.63, 3.8) is 0 Å². The highest BCUT2D eigenvalue weighted by Crippen LogP contribution is 2.05. The summed E-state index contributed by atoms with van der Waals surface area (Å²) in [5, 5.41) is 13.4. The fraction of sp³-hybridized carbons (Fsp3) is 0.400. The fourth-order valence-corrected chi connectivity index (χ4v) is 2.25. The lowest BCUT2D eigenvalue weighted by atomic mass is 10.1. The number of nitrogens with one attached hydrogen (secondary N) is 2. The third-order valence-electron chi connectivity index (χ3n) is 3.04. The van der Waals surface area contributed by atoms with Crippen molar-refractivity contribution in [2.75, 3.05) is 18.7 Å². The number of carboxylic acid groups (broad SMARTS) is 1. The molecule has 6 nitrogen and oxygen atoms in total. The van der Waals surface area contributed by atoms with E-state index < -0.39 is 36.5 Å². The minimum Gasteiger partial charge on any atom is -0.480 e. The highest BCUT2D eigenvalue weighted by Gasteiger charge is 2.26. The van der Waals surface area contributed by atoms with Gasteiger partial charge in [-0.05, 0) is 30.6 Å². The summed E-state index contributed by atoms with van der Waals surface area (Å²) in [6, 6.07) is 5.79. The largest absolute Gasteiger partial charge is 0.480 e. The molecule has 0 aromatic heterocycles. The molecule has 0 bridgehead atoms. The van der Waals surface area contributed by atoms with Crippen LogP contribution in [0.3, 0.4) is 0 Å². The molecule has 0 radical (unpaired) electrons. The zero-order valence-electron chi connectivity index (χ0n) is 12.6. The average Bonchev–Trinajstić information content (AvgIpc) is 2.56. The van der Waals surface area contributed by atoms with Crippen LogP contribution >= 0.6 is 11.8 Å². The van der Waals surface area contributed by atoms with Crippen molar-refractivity contribution in [3.05, 3.63) is 35.9 Å². The Labute approximate surface area is 137 Å². The van der Waals surface area contributed by atoms with Crippen LogP contribution in [0.25, 0.3) is 0 Å². The Hall–Kier alpha value is -2.09. The van der Waals surface area contributed by atoms with Crippen LogP contribution < -0.4 is 10.6 Å². The zero-order chi connectivity index (χ0) is 17.2. The Kier molecular flexibility index (Phi) is 8.10. The molecule has 0 aliphatic rings. The highest BCUT2D eigenvalue weighted by atomic mass is 32.2. The van der Waals surface area contributed by atoms with Crippen molar-refractivity contribution >= 4 is 29.5 Å². The number of aliphatic carboxylic acids is 1. The lowest BCUT2D eigenvalue weighted by molar-refractivity contribution is -0.142. The number of rotatable bonds is 9. The normalized spacial score (nSPS) is 13.0. The maximum absolute atomic E-state index is 12.6. The van der Waals surface area contributed by atoms with Gasteiger partial charge in [0.15, 0.2) is 6.04 Å². The van der Waals surface area contributed by atoms with Crippen LogP contribution in [0.5, 0.6) is 0 Å². The number of halogens is 1. The summed E-state index contributed by atoms with van der Waals surface area (Å²) in [7, 11) is 0. The van der Waals surface area contributed by atoms with Gasteiger partial charge >= 0.3 is 5.97 Å². The number of amides is 2. The standard InChI is InChI=1S/C15H19FN2O4S/c1-23-8-7-11(14(20)18-12(9-16)15(21)22)17-13(19)10-5-3-2-4-6-10/h2-6,11-12H,7-9H2,1H3,(H,17,19)(H,18,20)(H,21,22). The Morgan fingerprint density at radius 3 is 2.35 bits per heavy atom. The molecule has 0 aliphatic heterocycles. The third kappa shape index (κ3) is 6.27. The summed E-state index contributed by atoms with van der Waals surface area (Å²) in [6.07, 6.45) is 2.15. The van der Waals surface area contributed by atoms with Gasteiger partial charge in [0.2, 0.25) is 5.91 Å². The number of benzene rings is 1. The lowest BCUT2D eigenvalue weighted by Crippen LogP contribution is -2.52. The Bertz CT molecular complexity index is 542. The summed E-state index contributed by atoms with van der Waals surface area (Å²) in [6.45, 7) is -1.22. The van der Waals surface area contributed by atoms with Gasteiger partial charge in [0.05, 0.1) is 0 Å². The first-order valence-corrected chi connectivity index (χ1v) is 8.33. The Balaban J connectivity index is 2.76. The topological polar surface area (TPSA) is 95.5 Å². The van der Waals surface area contributed by atoms with E-state index in [1.165, 1.54) is 11.8 Å². The van der Waals surface area contributed by atoms with Crippen LogP contribution in [-0.2, 0) is 9.59 Å². The van der Waals surface area contributed by atoms with E-state index in [9.17, 15) is 18.8 Å². The van der Waals surface area contributed by atoms with E-state index in [1.54, 1.807) is 30.3 Å². The number of carbonyl (C=O) groups excluding carboxylic acids is 2.